The Morgan fingerprint density at radius 1 is 1.00 bits per heavy atom. The van der Waals surface area contributed by atoms with Crippen LogP contribution in [0.25, 0.3) is 0 Å². The van der Waals surface area contributed by atoms with Crippen molar-refractivity contribution in [3.8, 4) is 0 Å². The summed E-state index contributed by atoms with van der Waals surface area (Å²) in [5.41, 5.74) is 1.32. The summed E-state index contributed by atoms with van der Waals surface area (Å²) in [5, 5.41) is 0. The maximum Gasteiger partial charge on any atom is 0.140 e. The van der Waals surface area contributed by atoms with Crippen LogP contribution >= 0.6 is 0 Å². The standard InChI is InChI=1S/C12H16O2S/c13-15(14)11-7-2-1-4-8-12-9-5-3-6-10-12/h1-3,5-6,9-10,15H,4,7-8,11H2. The van der Waals surface area contributed by atoms with Gasteiger partial charge in [-0.1, -0.05) is 42.5 Å². The van der Waals surface area contributed by atoms with Crippen molar-refractivity contribution in [1.29, 1.82) is 0 Å². The van der Waals surface area contributed by atoms with Crippen LogP contribution < -0.4 is 0 Å². The molecule has 1 rings (SSSR count). The van der Waals surface area contributed by atoms with Crippen LogP contribution in [-0.4, -0.2) is 14.2 Å². The van der Waals surface area contributed by atoms with Crippen LogP contribution in [-0.2, 0) is 17.1 Å². The lowest BCUT2D eigenvalue weighted by molar-refractivity contribution is 0.614. The van der Waals surface area contributed by atoms with Gasteiger partial charge in [0, 0.05) is 0 Å². The van der Waals surface area contributed by atoms with E-state index in [1.54, 1.807) is 0 Å². The second-order valence-corrected chi connectivity index (χ2v) is 4.45. The first kappa shape index (κ1) is 12.0. The van der Waals surface area contributed by atoms with Gasteiger partial charge in [0.15, 0.2) is 0 Å². The Kier molecular flexibility index (Phi) is 5.78. The van der Waals surface area contributed by atoms with Crippen LogP contribution in [0.3, 0.4) is 0 Å². The summed E-state index contributed by atoms with van der Waals surface area (Å²) in [4.78, 5) is 0. The summed E-state index contributed by atoms with van der Waals surface area (Å²) in [6.07, 6.45) is 6.61. The molecule has 0 amide bonds. The Morgan fingerprint density at radius 2 is 1.67 bits per heavy atom. The molecule has 0 N–H and O–H groups in total. The van der Waals surface area contributed by atoms with Crippen molar-refractivity contribution >= 4 is 10.7 Å². The molecule has 15 heavy (non-hydrogen) atoms. The summed E-state index contributed by atoms with van der Waals surface area (Å²) >= 11 is 0. The predicted molar refractivity (Wildman–Crippen MR) is 63.7 cm³/mol. The van der Waals surface area contributed by atoms with Gasteiger partial charge in [0.05, 0.1) is 5.75 Å². The number of rotatable bonds is 6. The molecule has 2 nitrogen and oxygen atoms in total. The number of hydrogen-bond donors (Lipinski definition) is 1. The predicted octanol–water partition coefficient (Wildman–Crippen LogP) is 2.18. The second kappa shape index (κ2) is 7.23. The zero-order valence-electron chi connectivity index (χ0n) is 8.63. The van der Waals surface area contributed by atoms with E-state index in [0.29, 0.717) is 6.42 Å². The van der Waals surface area contributed by atoms with E-state index in [9.17, 15) is 8.42 Å². The number of aryl methyl sites for hydroxylation is 1. The Bertz CT molecular complexity index is 358. The van der Waals surface area contributed by atoms with Gasteiger partial charge in [-0.05, 0) is 24.8 Å². The molecule has 0 bridgehead atoms. The van der Waals surface area contributed by atoms with Crippen LogP contribution in [0.4, 0.5) is 0 Å². The molecule has 0 aromatic heterocycles. The van der Waals surface area contributed by atoms with Gasteiger partial charge in [-0.25, -0.2) is 8.42 Å². The molecule has 0 unspecified atom stereocenters. The fourth-order valence-electron chi connectivity index (χ4n) is 1.31. The number of hydrogen-bond acceptors (Lipinski definition) is 2. The fourth-order valence-corrected chi connectivity index (χ4v) is 1.67. The first-order valence-corrected chi connectivity index (χ1v) is 6.46. The molecule has 1 aromatic rings. The lowest BCUT2D eigenvalue weighted by Crippen LogP contribution is -1.84. The van der Waals surface area contributed by atoms with Gasteiger partial charge >= 0.3 is 0 Å². The summed E-state index contributed by atoms with van der Waals surface area (Å²) in [6, 6.07) is 10.3. The Balaban J connectivity index is 2.16. The van der Waals surface area contributed by atoms with Crippen molar-refractivity contribution in [2.75, 3.05) is 5.75 Å². The van der Waals surface area contributed by atoms with E-state index < -0.39 is 10.7 Å². The largest absolute Gasteiger partial charge is 0.232 e. The smallest absolute Gasteiger partial charge is 0.140 e. The Morgan fingerprint density at radius 3 is 2.33 bits per heavy atom. The molecule has 0 aliphatic carbocycles. The second-order valence-electron chi connectivity index (χ2n) is 3.34. The van der Waals surface area contributed by atoms with Crippen molar-refractivity contribution in [2.45, 2.75) is 19.3 Å². The molecule has 0 saturated heterocycles. The van der Waals surface area contributed by atoms with Crippen molar-refractivity contribution in [1.82, 2.24) is 0 Å². The van der Waals surface area contributed by atoms with Gasteiger partial charge in [-0.2, -0.15) is 0 Å². The highest BCUT2D eigenvalue weighted by Gasteiger charge is 1.88. The minimum Gasteiger partial charge on any atom is -0.232 e. The molecule has 1 aromatic carbocycles. The highest BCUT2D eigenvalue weighted by Crippen LogP contribution is 2.02. The van der Waals surface area contributed by atoms with Gasteiger partial charge < -0.3 is 0 Å². The average Bonchev–Trinajstić information content (AvgIpc) is 2.24. The third-order valence-corrected chi connectivity index (χ3v) is 2.71. The summed E-state index contributed by atoms with van der Waals surface area (Å²) in [6.45, 7) is 0. The minimum absolute atomic E-state index is 0.261. The van der Waals surface area contributed by atoms with Crippen molar-refractivity contribution in [2.24, 2.45) is 0 Å². The molecular formula is C12H16O2S. The number of thiol groups is 1. The summed E-state index contributed by atoms with van der Waals surface area (Å²) < 4.78 is 20.5. The minimum atomic E-state index is -2.22. The van der Waals surface area contributed by atoms with Crippen molar-refractivity contribution < 1.29 is 8.42 Å². The maximum absolute atomic E-state index is 10.3. The molecule has 0 aliphatic rings. The average molecular weight is 224 g/mol. The zero-order chi connectivity index (χ0) is 10.9. The lowest BCUT2D eigenvalue weighted by Gasteiger charge is -1.95. The van der Waals surface area contributed by atoms with E-state index in [2.05, 4.69) is 12.1 Å². The maximum atomic E-state index is 10.3. The highest BCUT2D eigenvalue weighted by atomic mass is 32.2. The zero-order valence-corrected chi connectivity index (χ0v) is 9.53. The fraction of sp³-hybridized carbons (Fsp3) is 0.333. The van der Waals surface area contributed by atoms with Gasteiger partial charge in [0.25, 0.3) is 0 Å². The summed E-state index contributed by atoms with van der Waals surface area (Å²) in [5.74, 6) is 0.261. The van der Waals surface area contributed by atoms with Crippen LogP contribution in [0.15, 0.2) is 42.5 Å². The van der Waals surface area contributed by atoms with Crippen LogP contribution in [0.2, 0.25) is 0 Å². The molecule has 0 spiro atoms. The van der Waals surface area contributed by atoms with Gasteiger partial charge in [0.1, 0.15) is 10.7 Å². The van der Waals surface area contributed by atoms with E-state index in [1.807, 2.05) is 30.4 Å². The first-order valence-electron chi connectivity index (χ1n) is 5.10. The molecule has 0 radical (unpaired) electrons. The van der Waals surface area contributed by atoms with Gasteiger partial charge in [-0.3, -0.25) is 0 Å². The molecular weight excluding hydrogens is 208 g/mol. The van der Waals surface area contributed by atoms with Crippen LogP contribution in [0.5, 0.6) is 0 Å². The normalized spacial score (nSPS) is 11.3. The van der Waals surface area contributed by atoms with Gasteiger partial charge in [-0.15, -0.1) is 0 Å². The topological polar surface area (TPSA) is 34.1 Å². The SMILES string of the molecule is O=[SH](=O)CCC=CCCc1ccccc1. The molecule has 0 heterocycles. The van der Waals surface area contributed by atoms with E-state index in [0.717, 1.165) is 12.8 Å². The number of allylic oxidation sites excluding steroid dienone is 2. The molecule has 0 aliphatic heterocycles. The third kappa shape index (κ3) is 6.07. The molecule has 0 fully saturated rings. The van der Waals surface area contributed by atoms with E-state index in [1.165, 1.54) is 5.56 Å². The highest BCUT2D eigenvalue weighted by molar-refractivity contribution is 7.72. The van der Waals surface area contributed by atoms with Crippen LogP contribution in [0.1, 0.15) is 18.4 Å². The van der Waals surface area contributed by atoms with Crippen molar-refractivity contribution in [3.05, 3.63) is 48.0 Å². The molecule has 0 saturated carbocycles. The van der Waals surface area contributed by atoms with Crippen LogP contribution in [0, 0.1) is 0 Å². The quantitative estimate of drug-likeness (QED) is 0.593. The van der Waals surface area contributed by atoms with E-state index in [4.69, 9.17) is 0 Å². The van der Waals surface area contributed by atoms with E-state index in [-0.39, 0.29) is 5.75 Å². The monoisotopic (exact) mass is 224 g/mol. The summed E-state index contributed by atoms with van der Waals surface area (Å²) in [7, 11) is -2.22. The molecule has 82 valence electrons. The number of benzene rings is 1. The first-order chi connectivity index (χ1) is 7.29. The van der Waals surface area contributed by atoms with Gasteiger partial charge in [0.2, 0.25) is 0 Å². The molecule has 0 atom stereocenters. The Hall–Kier alpha value is -1.09. The Labute approximate surface area is 92.6 Å². The molecule has 3 heteroatoms. The van der Waals surface area contributed by atoms with E-state index >= 15 is 0 Å². The lowest BCUT2D eigenvalue weighted by atomic mass is 10.1. The third-order valence-electron chi connectivity index (χ3n) is 2.09. The van der Waals surface area contributed by atoms with Crippen molar-refractivity contribution in [3.63, 3.8) is 0 Å².